The molecule has 0 saturated carbocycles. The van der Waals surface area contributed by atoms with Crippen molar-refractivity contribution in [3.05, 3.63) is 193 Å². The largest absolute Gasteiger partial charge is 0.490 e. The average Bonchev–Trinajstić information content (AvgIpc) is 3.37. The Balaban J connectivity index is 0.000000233. The van der Waals surface area contributed by atoms with Crippen molar-refractivity contribution in [1.29, 1.82) is 0 Å². The van der Waals surface area contributed by atoms with Crippen molar-refractivity contribution in [2.45, 2.75) is 42.4 Å². The second-order valence-electron chi connectivity index (χ2n) is 15.6. The lowest BCUT2D eigenvalue weighted by Gasteiger charge is -2.12. The monoisotopic (exact) mass is 1000 g/mol. The fourth-order valence-electron chi connectivity index (χ4n) is 6.80. The number of sulfonamides is 2. The van der Waals surface area contributed by atoms with E-state index in [0.29, 0.717) is 52.8 Å². The van der Waals surface area contributed by atoms with Crippen molar-refractivity contribution >= 4 is 49.1 Å². The Morgan fingerprint density at radius 1 is 0.437 bits per heavy atom. The van der Waals surface area contributed by atoms with Gasteiger partial charge < -0.3 is 29.2 Å². The van der Waals surface area contributed by atoms with Crippen LogP contribution in [0.25, 0.3) is 11.1 Å². The number of hydrogen-bond acceptors (Lipinski definition) is 11. The molecule has 0 bridgehead atoms. The number of aliphatic carboxylic acids is 2. The van der Waals surface area contributed by atoms with Crippen LogP contribution in [0.5, 0.6) is 23.0 Å². The summed E-state index contributed by atoms with van der Waals surface area (Å²) in [4.78, 5) is 33.2. The Morgan fingerprint density at radius 3 is 1.21 bits per heavy atom. The molecular weight excluding hydrogens is 949 g/mol. The number of hydrogen-bond donors (Lipinski definition) is 4. The zero-order valence-corrected chi connectivity index (χ0v) is 40.2. The number of rotatable bonds is 24. The lowest BCUT2D eigenvalue weighted by atomic mass is 10.1. The number of nitrogens with one attached hydrogen (secondary N) is 2. The first kappa shape index (κ1) is 52.2. The highest BCUT2D eigenvalue weighted by molar-refractivity contribution is 7.93. The summed E-state index contributed by atoms with van der Waals surface area (Å²) < 4.78 is 78.6. The molecule has 0 spiro atoms. The predicted molar refractivity (Wildman–Crippen MR) is 270 cm³/mol. The van der Waals surface area contributed by atoms with E-state index in [1.807, 2.05) is 66.7 Å². The average molecular weight is 1000 g/mol. The molecule has 0 atom stereocenters. The third-order valence-corrected chi connectivity index (χ3v) is 13.2. The molecule has 0 fully saturated rings. The highest BCUT2D eigenvalue weighted by atomic mass is 32.2. The van der Waals surface area contributed by atoms with Gasteiger partial charge in [-0.15, -0.1) is 0 Å². The van der Waals surface area contributed by atoms with Crippen LogP contribution >= 0.6 is 0 Å². The molecule has 71 heavy (non-hydrogen) atoms. The molecule has 7 aromatic rings. The number of benzene rings is 7. The van der Waals surface area contributed by atoms with Crippen molar-refractivity contribution < 1.29 is 60.4 Å². The minimum atomic E-state index is -3.79. The first-order chi connectivity index (χ1) is 34.1. The molecule has 0 amide bonds. The molecule has 0 aliphatic rings. The number of ether oxygens (including phenoxy) is 4. The fraction of sp³-hybridized carbons (Fsp3) is 0.167. The normalized spacial score (nSPS) is 11.0. The highest BCUT2D eigenvalue weighted by Gasteiger charge is 2.16. The maximum absolute atomic E-state index is 12.8. The lowest BCUT2D eigenvalue weighted by molar-refractivity contribution is -0.138. The van der Waals surface area contributed by atoms with Gasteiger partial charge in [0.25, 0.3) is 20.0 Å². The molecule has 7 aromatic carbocycles. The molecule has 0 aliphatic carbocycles. The molecule has 0 saturated heterocycles. The van der Waals surface area contributed by atoms with E-state index in [4.69, 9.17) is 29.2 Å². The maximum atomic E-state index is 12.8. The number of carboxylic acid groups (broad SMARTS) is 2. The summed E-state index contributed by atoms with van der Waals surface area (Å²) >= 11 is 0. The topological polar surface area (TPSA) is 221 Å². The van der Waals surface area contributed by atoms with Crippen LogP contribution in [0.4, 0.5) is 11.4 Å². The van der Waals surface area contributed by atoms with Gasteiger partial charge in [0.15, 0.2) is 5.78 Å². The lowest BCUT2D eigenvalue weighted by Crippen LogP contribution is -2.13. The first-order valence-corrected chi connectivity index (χ1v) is 25.2. The van der Waals surface area contributed by atoms with Gasteiger partial charge in [-0.1, -0.05) is 91.0 Å². The summed E-state index contributed by atoms with van der Waals surface area (Å²) in [6, 6.07) is 49.8. The Labute approximate surface area is 412 Å². The Hall–Kier alpha value is -8.15. The predicted octanol–water partition coefficient (Wildman–Crippen LogP) is 9.79. The van der Waals surface area contributed by atoms with Crippen LogP contribution < -0.4 is 28.4 Å². The van der Waals surface area contributed by atoms with E-state index in [2.05, 4.69) is 9.44 Å². The smallest absolute Gasteiger partial charge is 0.303 e. The van der Waals surface area contributed by atoms with Crippen LogP contribution in [0.3, 0.4) is 0 Å². The molecule has 15 nitrogen and oxygen atoms in total. The van der Waals surface area contributed by atoms with E-state index in [1.54, 1.807) is 84.9 Å². The van der Waals surface area contributed by atoms with Gasteiger partial charge in [-0.25, -0.2) is 16.8 Å². The second kappa shape index (κ2) is 25.5. The van der Waals surface area contributed by atoms with Crippen LogP contribution in [0.2, 0.25) is 0 Å². The number of ketones is 1. The van der Waals surface area contributed by atoms with E-state index < -0.39 is 32.0 Å². The summed E-state index contributed by atoms with van der Waals surface area (Å²) in [6.45, 7) is 2.47. The van der Waals surface area contributed by atoms with Crippen LogP contribution in [-0.2, 0) is 42.5 Å². The molecule has 0 heterocycles. The van der Waals surface area contributed by atoms with E-state index in [-0.39, 0.29) is 54.8 Å². The van der Waals surface area contributed by atoms with Gasteiger partial charge in [0, 0.05) is 29.8 Å². The number of aryl methyl sites for hydroxylation is 2. The Kier molecular flexibility index (Phi) is 18.7. The van der Waals surface area contributed by atoms with Gasteiger partial charge in [-0.3, -0.25) is 23.8 Å². The van der Waals surface area contributed by atoms with Crippen molar-refractivity contribution in [3.8, 4) is 34.1 Å². The van der Waals surface area contributed by atoms with Crippen LogP contribution in [0, 0.1) is 0 Å². The molecule has 0 radical (unpaired) electrons. The fourth-order valence-corrected chi connectivity index (χ4v) is 8.92. The van der Waals surface area contributed by atoms with Gasteiger partial charge in [0.05, 0.1) is 9.79 Å². The molecule has 4 N–H and O–H groups in total. The number of anilines is 2. The molecule has 0 aliphatic heterocycles. The van der Waals surface area contributed by atoms with E-state index in [9.17, 15) is 31.2 Å². The van der Waals surface area contributed by atoms with Crippen molar-refractivity contribution in [2.24, 2.45) is 0 Å². The molecule has 17 heteroatoms. The summed E-state index contributed by atoms with van der Waals surface area (Å²) in [5, 5.41) is 17.8. The number of carbonyl (C=O) groups excluding carboxylic acids is 1. The van der Waals surface area contributed by atoms with Gasteiger partial charge in [-0.2, -0.15) is 0 Å². The molecular formula is C54H52N2O13S2. The molecule has 0 aromatic heterocycles. The molecule has 7 rings (SSSR count). The summed E-state index contributed by atoms with van der Waals surface area (Å²) in [7, 11) is -7.53. The zero-order chi connectivity index (χ0) is 50.6. The maximum Gasteiger partial charge on any atom is 0.303 e. The van der Waals surface area contributed by atoms with Crippen LogP contribution in [0.15, 0.2) is 186 Å². The summed E-state index contributed by atoms with van der Waals surface area (Å²) in [6.07, 6.45) is 0.828. The zero-order valence-electron chi connectivity index (χ0n) is 38.6. The quantitative estimate of drug-likeness (QED) is 0.0328. The molecule has 368 valence electrons. The van der Waals surface area contributed by atoms with Crippen molar-refractivity contribution in [2.75, 3.05) is 35.9 Å². The number of carbonyl (C=O) groups is 3. The van der Waals surface area contributed by atoms with Gasteiger partial charge >= 0.3 is 11.9 Å². The number of para-hydroxylation sites is 2. The standard InChI is InChI=1S/C29H27NO6S.C25H25NO7S/c31-29(32)19-12-24-8-4-5-9-28(24)36-21-20-35-26-15-13-25(14-16-26)30-37(33,34)27-17-10-23(11-18-27)22-6-2-1-3-7-22;1-18(27)19-6-13-23(14-7-19)34(30,31)26-21-9-11-22(12-10-21)32-16-17-33-24-5-3-2-4-20(24)8-15-25(28)29/h1-11,13-18,30H,12,19-21H2,(H,31,32);2-7,9-14,26H,8,15-17H2,1H3,(H,28,29). The van der Waals surface area contributed by atoms with E-state index in [0.717, 1.165) is 22.3 Å². The minimum Gasteiger partial charge on any atom is -0.490 e. The van der Waals surface area contributed by atoms with Crippen LogP contribution in [-0.4, -0.2) is 71.2 Å². The van der Waals surface area contributed by atoms with Gasteiger partial charge in [0.2, 0.25) is 0 Å². The third kappa shape index (κ3) is 16.5. The Bertz CT molecular complexity index is 3080. The molecule has 0 unspecified atom stereocenters. The van der Waals surface area contributed by atoms with Crippen LogP contribution in [0.1, 0.15) is 41.3 Å². The number of Topliss-reactive ketones (excluding diaryl/α,β-unsaturated/α-hetero) is 1. The second-order valence-corrected chi connectivity index (χ2v) is 19.0. The first-order valence-electron chi connectivity index (χ1n) is 22.3. The summed E-state index contributed by atoms with van der Waals surface area (Å²) in [5.41, 5.74) is 4.83. The summed E-state index contributed by atoms with van der Waals surface area (Å²) in [5.74, 6) is 0.497. The van der Waals surface area contributed by atoms with E-state index in [1.165, 1.54) is 31.2 Å². The Morgan fingerprint density at radius 2 is 0.803 bits per heavy atom. The number of carboxylic acids is 2. The third-order valence-electron chi connectivity index (χ3n) is 10.4. The minimum absolute atomic E-state index is 0.0245. The highest BCUT2D eigenvalue weighted by Crippen LogP contribution is 2.26. The van der Waals surface area contributed by atoms with Crippen molar-refractivity contribution in [3.63, 3.8) is 0 Å². The van der Waals surface area contributed by atoms with E-state index >= 15 is 0 Å². The van der Waals surface area contributed by atoms with Gasteiger partial charge in [0.1, 0.15) is 49.4 Å². The van der Waals surface area contributed by atoms with Crippen molar-refractivity contribution in [1.82, 2.24) is 0 Å². The SMILES string of the molecule is CC(=O)c1ccc(S(=O)(=O)Nc2ccc(OCCOc3ccccc3CCC(=O)O)cc2)cc1.O=C(O)CCc1ccccc1OCCOc1ccc(NS(=O)(=O)c2ccc(-c3ccccc3)cc2)cc1. The van der Waals surface area contributed by atoms with Gasteiger partial charge in [-0.05, 0) is 127 Å².